The van der Waals surface area contributed by atoms with Gasteiger partial charge in [-0.1, -0.05) is 23.2 Å². The summed E-state index contributed by atoms with van der Waals surface area (Å²) in [6.07, 6.45) is 0.863. The lowest BCUT2D eigenvalue weighted by atomic mass is 10.3. The molecule has 1 aromatic carbocycles. The van der Waals surface area contributed by atoms with E-state index in [2.05, 4.69) is 0 Å². The van der Waals surface area contributed by atoms with Crippen LogP contribution in [0.15, 0.2) is 18.2 Å². The molecule has 0 atom stereocenters. The van der Waals surface area contributed by atoms with Gasteiger partial charge in [-0.3, -0.25) is 5.21 Å². The molecule has 4 nitrogen and oxygen atoms in total. The Morgan fingerprint density at radius 2 is 1.64 bits per heavy atom. The zero-order valence-corrected chi connectivity index (χ0v) is 9.44. The van der Waals surface area contributed by atoms with E-state index in [9.17, 15) is 13.6 Å². The monoisotopic (exact) mass is 255 g/mol. The highest BCUT2D eigenvalue weighted by Crippen LogP contribution is 2.25. The Bertz CT molecular complexity index is 426. The molecule has 0 bridgehead atoms. The van der Waals surface area contributed by atoms with Crippen molar-refractivity contribution in [3.8, 4) is 0 Å². The van der Waals surface area contributed by atoms with Crippen LogP contribution in [0.2, 0.25) is 10.0 Å². The van der Waals surface area contributed by atoms with Crippen LogP contribution in [0.1, 0.15) is 0 Å². The maximum atomic E-state index is 10.9. The van der Waals surface area contributed by atoms with E-state index in [-0.39, 0.29) is 20.2 Å². The maximum absolute atomic E-state index is 10.9. The SMILES string of the molecule is CS(=O)(=O)N(O)c1cc(Cl)cc(Cl)c1. The van der Waals surface area contributed by atoms with Gasteiger partial charge in [-0.15, -0.1) is 4.47 Å². The fraction of sp³-hybridized carbons (Fsp3) is 0.143. The molecule has 0 aliphatic heterocycles. The number of nitrogens with zero attached hydrogens (tertiary/aromatic N) is 1. The van der Waals surface area contributed by atoms with Crippen molar-refractivity contribution in [3.63, 3.8) is 0 Å². The fourth-order valence-electron chi connectivity index (χ4n) is 0.841. The van der Waals surface area contributed by atoms with E-state index in [1.54, 1.807) is 0 Å². The maximum Gasteiger partial charge on any atom is 0.254 e. The van der Waals surface area contributed by atoms with E-state index in [0.29, 0.717) is 0 Å². The minimum atomic E-state index is -3.72. The predicted octanol–water partition coefficient (Wildman–Crippen LogP) is 2.15. The zero-order chi connectivity index (χ0) is 10.9. The highest BCUT2D eigenvalue weighted by molar-refractivity contribution is 7.91. The van der Waals surface area contributed by atoms with E-state index < -0.39 is 10.0 Å². The molecule has 0 unspecified atom stereocenters. The number of rotatable bonds is 2. The molecule has 0 aliphatic rings. The van der Waals surface area contributed by atoms with Crippen LogP contribution >= 0.6 is 23.2 Å². The molecular formula is C7H7Cl2NO3S. The first kappa shape index (κ1) is 11.6. The van der Waals surface area contributed by atoms with Gasteiger partial charge in [-0.05, 0) is 18.2 Å². The third-order valence-corrected chi connectivity index (χ3v) is 2.66. The van der Waals surface area contributed by atoms with Gasteiger partial charge in [-0.25, -0.2) is 8.42 Å². The summed E-state index contributed by atoms with van der Waals surface area (Å²) in [5.74, 6) is 0. The Morgan fingerprint density at radius 3 is 2.00 bits per heavy atom. The number of hydrogen-bond acceptors (Lipinski definition) is 3. The lowest BCUT2D eigenvalue weighted by Gasteiger charge is -2.14. The normalized spacial score (nSPS) is 11.4. The highest BCUT2D eigenvalue weighted by atomic mass is 35.5. The van der Waals surface area contributed by atoms with Crippen LogP contribution < -0.4 is 4.47 Å². The molecule has 1 aromatic rings. The van der Waals surface area contributed by atoms with Crippen molar-refractivity contribution in [2.45, 2.75) is 0 Å². The van der Waals surface area contributed by atoms with Crippen molar-refractivity contribution in [1.82, 2.24) is 0 Å². The molecule has 0 aromatic heterocycles. The van der Waals surface area contributed by atoms with Crippen molar-refractivity contribution in [1.29, 1.82) is 0 Å². The number of anilines is 1. The lowest BCUT2D eigenvalue weighted by molar-refractivity contribution is 0.317. The minimum Gasteiger partial charge on any atom is -0.274 e. The first-order chi connectivity index (χ1) is 6.30. The van der Waals surface area contributed by atoms with E-state index >= 15 is 0 Å². The van der Waals surface area contributed by atoms with E-state index in [1.165, 1.54) is 18.2 Å². The highest BCUT2D eigenvalue weighted by Gasteiger charge is 2.15. The van der Waals surface area contributed by atoms with Gasteiger partial charge in [0.05, 0.1) is 11.9 Å². The van der Waals surface area contributed by atoms with Crippen molar-refractivity contribution in [2.24, 2.45) is 0 Å². The van der Waals surface area contributed by atoms with Gasteiger partial charge in [0.15, 0.2) is 0 Å². The third kappa shape index (κ3) is 2.75. The van der Waals surface area contributed by atoms with Crippen molar-refractivity contribution < 1.29 is 13.6 Å². The first-order valence-electron chi connectivity index (χ1n) is 3.46. The number of sulfonamides is 1. The quantitative estimate of drug-likeness (QED) is 0.825. The zero-order valence-electron chi connectivity index (χ0n) is 7.11. The molecule has 7 heteroatoms. The lowest BCUT2D eigenvalue weighted by Crippen LogP contribution is -2.25. The van der Waals surface area contributed by atoms with Crippen molar-refractivity contribution in [2.75, 3.05) is 10.7 Å². The molecule has 1 N–H and O–H groups in total. The molecule has 0 fully saturated rings. The standard InChI is InChI=1S/C7H7Cl2NO3S/c1-14(12,13)10(11)7-3-5(8)2-6(9)4-7/h2-4,11H,1H3. The summed E-state index contributed by atoms with van der Waals surface area (Å²) in [4.78, 5) is 0. The van der Waals surface area contributed by atoms with E-state index in [0.717, 1.165) is 6.26 Å². The van der Waals surface area contributed by atoms with Gasteiger partial charge < -0.3 is 0 Å². The number of benzene rings is 1. The van der Waals surface area contributed by atoms with Crippen molar-refractivity contribution >= 4 is 38.9 Å². The molecule has 0 saturated carbocycles. The summed E-state index contributed by atoms with van der Waals surface area (Å²) in [6.45, 7) is 0. The molecule has 0 spiro atoms. The van der Waals surface area contributed by atoms with Gasteiger partial charge in [0, 0.05) is 10.0 Å². The smallest absolute Gasteiger partial charge is 0.254 e. The molecule has 0 heterocycles. The van der Waals surface area contributed by atoms with Gasteiger partial charge in [0.2, 0.25) is 0 Å². The fourth-order valence-corrected chi connectivity index (χ4v) is 1.84. The molecule has 14 heavy (non-hydrogen) atoms. The molecule has 1 rings (SSSR count). The Hall–Kier alpha value is -0.490. The van der Waals surface area contributed by atoms with Gasteiger partial charge in [0.25, 0.3) is 10.0 Å². The average molecular weight is 256 g/mol. The van der Waals surface area contributed by atoms with Crippen LogP contribution in [0, 0.1) is 0 Å². The molecule has 0 saturated heterocycles. The van der Waals surface area contributed by atoms with Crippen LogP contribution in [0.25, 0.3) is 0 Å². The average Bonchev–Trinajstić information content (AvgIpc) is 1.99. The second kappa shape index (κ2) is 3.94. The first-order valence-corrected chi connectivity index (χ1v) is 6.06. The van der Waals surface area contributed by atoms with E-state index in [1.807, 2.05) is 0 Å². The van der Waals surface area contributed by atoms with Crippen LogP contribution in [-0.2, 0) is 10.0 Å². The number of halogens is 2. The van der Waals surface area contributed by atoms with Crippen LogP contribution in [-0.4, -0.2) is 19.9 Å². The van der Waals surface area contributed by atoms with Crippen LogP contribution in [0.3, 0.4) is 0 Å². The topological polar surface area (TPSA) is 57.6 Å². The Labute approximate surface area is 91.7 Å². The Kier molecular flexibility index (Phi) is 3.26. The molecule has 0 amide bonds. The summed E-state index contributed by atoms with van der Waals surface area (Å²) in [6, 6.07) is 4.01. The second-order valence-corrected chi connectivity index (χ2v) is 5.32. The van der Waals surface area contributed by atoms with Gasteiger partial charge in [-0.2, -0.15) is 0 Å². The summed E-state index contributed by atoms with van der Waals surface area (Å²) >= 11 is 11.3. The summed E-state index contributed by atoms with van der Waals surface area (Å²) in [7, 11) is -3.72. The van der Waals surface area contributed by atoms with Gasteiger partial charge in [0.1, 0.15) is 0 Å². The molecule has 0 radical (unpaired) electrons. The Balaban J connectivity index is 3.20. The Morgan fingerprint density at radius 1 is 1.21 bits per heavy atom. The van der Waals surface area contributed by atoms with Crippen LogP contribution in [0.5, 0.6) is 0 Å². The molecule has 78 valence electrons. The van der Waals surface area contributed by atoms with Gasteiger partial charge >= 0.3 is 0 Å². The van der Waals surface area contributed by atoms with Crippen LogP contribution in [0.4, 0.5) is 5.69 Å². The second-order valence-electron chi connectivity index (χ2n) is 2.63. The predicted molar refractivity (Wildman–Crippen MR) is 55.6 cm³/mol. The largest absolute Gasteiger partial charge is 0.274 e. The third-order valence-electron chi connectivity index (χ3n) is 1.38. The van der Waals surface area contributed by atoms with Crippen molar-refractivity contribution in [3.05, 3.63) is 28.2 Å². The minimum absolute atomic E-state index is 0.00463. The summed E-state index contributed by atoms with van der Waals surface area (Å²) < 4.78 is 22.0. The summed E-state index contributed by atoms with van der Waals surface area (Å²) in [5.41, 5.74) is 0.00463. The molecular weight excluding hydrogens is 249 g/mol. The molecule has 0 aliphatic carbocycles. The van der Waals surface area contributed by atoms with E-state index in [4.69, 9.17) is 23.2 Å². The number of hydrogen-bond donors (Lipinski definition) is 1. The summed E-state index contributed by atoms with van der Waals surface area (Å²) in [5, 5.41) is 9.73.